The number of aromatic hydroxyl groups is 1. The summed E-state index contributed by atoms with van der Waals surface area (Å²) in [6.07, 6.45) is 0. The molecule has 1 fully saturated rings. The van der Waals surface area contributed by atoms with Crippen molar-refractivity contribution in [1.29, 1.82) is 0 Å². The van der Waals surface area contributed by atoms with Crippen molar-refractivity contribution in [2.45, 2.75) is 17.5 Å². The number of carboxylic acid groups (broad SMARTS) is 1. The fourth-order valence-corrected chi connectivity index (χ4v) is 5.33. The van der Waals surface area contributed by atoms with Gasteiger partial charge in [-0.15, -0.1) is 23.5 Å². The first kappa shape index (κ1) is 14.7. The van der Waals surface area contributed by atoms with E-state index in [1.165, 1.54) is 0 Å². The number of para-hydroxylation sites is 1. The molecule has 0 saturated carbocycles. The molecular weight excluding hydrogens is 308 g/mol. The predicted molar refractivity (Wildman–Crippen MR) is 86.3 cm³/mol. The van der Waals surface area contributed by atoms with Crippen LogP contribution >= 0.6 is 23.5 Å². The third-order valence-electron chi connectivity index (χ3n) is 3.74. The van der Waals surface area contributed by atoms with Crippen molar-refractivity contribution in [3.63, 3.8) is 0 Å². The molecule has 3 rings (SSSR count). The number of likely N-dealkylation sites (N-methyl/N-ethyl adjacent to an activating group) is 1. The summed E-state index contributed by atoms with van der Waals surface area (Å²) in [7, 11) is 1.85. The molecule has 1 unspecified atom stereocenters. The molecule has 0 aliphatic carbocycles. The zero-order chi connectivity index (χ0) is 15.0. The van der Waals surface area contributed by atoms with Crippen molar-refractivity contribution < 1.29 is 15.0 Å². The first-order valence-electron chi connectivity index (χ1n) is 6.63. The first-order valence-corrected chi connectivity index (χ1v) is 8.66. The Balaban J connectivity index is 1.78. The summed E-state index contributed by atoms with van der Waals surface area (Å²) >= 11 is 3.27. The van der Waals surface area contributed by atoms with Gasteiger partial charge in [0.2, 0.25) is 0 Å². The molecule has 7 heteroatoms. The molecule has 112 valence electrons. The van der Waals surface area contributed by atoms with Crippen LogP contribution in [0.3, 0.4) is 0 Å². The van der Waals surface area contributed by atoms with Gasteiger partial charge in [0.25, 0.3) is 0 Å². The Morgan fingerprint density at radius 1 is 1.38 bits per heavy atom. The smallest absolute Gasteiger partial charge is 0.321 e. The molecule has 2 heterocycles. The lowest BCUT2D eigenvalue weighted by atomic mass is 10.2. The molecule has 0 radical (unpaired) electrons. The molecule has 0 spiro atoms. The number of rotatable bonds is 3. The molecule has 2 aliphatic rings. The highest BCUT2D eigenvalue weighted by Crippen LogP contribution is 2.37. The summed E-state index contributed by atoms with van der Waals surface area (Å²) in [5, 5.41) is 20.0. The molecular formula is C14H16N2O3S2. The Morgan fingerprint density at radius 3 is 2.81 bits per heavy atom. The highest BCUT2D eigenvalue weighted by Gasteiger charge is 2.41. The number of aliphatic carboxylic acids is 1. The topological polar surface area (TPSA) is 73.1 Å². The van der Waals surface area contributed by atoms with E-state index in [0.717, 1.165) is 16.4 Å². The van der Waals surface area contributed by atoms with E-state index in [1.54, 1.807) is 35.7 Å². The van der Waals surface area contributed by atoms with Gasteiger partial charge in [-0.1, -0.05) is 12.1 Å². The second-order valence-electron chi connectivity index (χ2n) is 5.07. The van der Waals surface area contributed by atoms with E-state index in [2.05, 4.69) is 0 Å². The maximum Gasteiger partial charge on any atom is 0.321 e. The van der Waals surface area contributed by atoms with Crippen molar-refractivity contribution >= 4 is 34.5 Å². The third-order valence-corrected chi connectivity index (χ3v) is 6.34. The van der Waals surface area contributed by atoms with E-state index in [9.17, 15) is 15.0 Å². The zero-order valence-electron chi connectivity index (χ0n) is 11.5. The lowest BCUT2D eigenvalue weighted by Crippen LogP contribution is -2.42. The van der Waals surface area contributed by atoms with Crippen molar-refractivity contribution in [3.8, 4) is 5.75 Å². The summed E-state index contributed by atoms with van der Waals surface area (Å²) in [5.74, 6) is 0.875. The SMILES string of the molecule is CN1[C@@H](C(=O)O)CS[C@H]1C1CSC(c2ccccc2O)=N1. The first-order chi connectivity index (χ1) is 10.1. The van der Waals surface area contributed by atoms with Gasteiger partial charge in [-0.05, 0) is 19.2 Å². The van der Waals surface area contributed by atoms with Crippen LogP contribution in [0.5, 0.6) is 5.75 Å². The lowest BCUT2D eigenvalue weighted by Gasteiger charge is -2.24. The van der Waals surface area contributed by atoms with Gasteiger partial charge < -0.3 is 10.2 Å². The number of hydrogen-bond donors (Lipinski definition) is 2. The second kappa shape index (κ2) is 5.90. The normalized spacial score (nSPS) is 29.6. The molecule has 3 atom stereocenters. The predicted octanol–water partition coefficient (Wildman–Crippen LogP) is 1.71. The number of thioether (sulfide) groups is 2. The number of benzene rings is 1. The lowest BCUT2D eigenvalue weighted by molar-refractivity contribution is -0.141. The van der Waals surface area contributed by atoms with Gasteiger partial charge in [-0.2, -0.15) is 0 Å². The molecule has 2 aliphatic heterocycles. The van der Waals surface area contributed by atoms with Crippen LogP contribution in [0, 0.1) is 0 Å². The van der Waals surface area contributed by atoms with Gasteiger partial charge in [0.15, 0.2) is 0 Å². The second-order valence-corrected chi connectivity index (χ2v) is 7.23. The van der Waals surface area contributed by atoms with Crippen LogP contribution in [0.4, 0.5) is 0 Å². The van der Waals surface area contributed by atoms with Crippen molar-refractivity contribution in [2.75, 3.05) is 18.6 Å². The van der Waals surface area contributed by atoms with Gasteiger partial charge >= 0.3 is 5.97 Å². The molecule has 0 aromatic heterocycles. The van der Waals surface area contributed by atoms with Crippen LogP contribution in [-0.2, 0) is 4.79 Å². The Bertz CT molecular complexity index is 593. The maximum atomic E-state index is 11.2. The van der Waals surface area contributed by atoms with Crippen LogP contribution < -0.4 is 0 Å². The average molecular weight is 324 g/mol. The van der Waals surface area contributed by atoms with Crippen LogP contribution in [-0.4, -0.2) is 62.1 Å². The summed E-state index contributed by atoms with van der Waals surface area (Å²) in [6.45, 7) is 0. The number of phenolic OH excluding ortho intramolecular Hbond substituents is 1. The quantitative estimate of drug-likeness (QED) is 0.882. The van der Waals surface area contributed by atoms with Crippen LogP contribution in [0.2, 0.25) is 0 Å². The zero-order valence-corrected chi connectivity index (χ0v) is 13.1. The van der Waals surface area contributed by atoms with Crippen LogP contribution in [0.15, 0.2) is 29.3 Å². The molecule has 5 nitrogen and oxygen atoms in total. The minimum Gasteiger partial charge on any atom is -0.507 e. The van der Waals surface area contributed by atoms with E-state index in [1.807, 2.05) is 24.1 Å². The van der Waals surface area contributed by atoms with E-state index in [0.29, 0.717) is 5.75 Å². The largest absolute Gasteiger partial charge is 0.507 e. The third kappa shape index (κ3) is 2.77. The number of aliphatic imine (C=N–C) groups is 1. The molecule has 1 aromatic rings. The highest BCUT2D eigenvalue weighted by molar-refractivity contribution is 8.14. The monoisotopic (exact) mass is 324 g/mol. The Kier molecular flexibility index (Phi) is 4.14. The van der Waals surface area contributed by atoms with Crippen molar-refractivity contribution in [2.24, 2.45) is 4.99 Å². The standard InChI is InChI=1S/C14H16N2O3S2/c1-16-10(14(18)19)7-21-13(16)9-6-20-12(15-9)8-4-2-3-5-11(8)17/h2-5,9-10,13,17H,6-7H2,1H3,(H,18,19)/t9?,10-,13+/m1/s1. The minimum absolute atomic E-state index is 0.0592. The number of phenols is 1. The molecule has 1 aromatic carbocycles. The molecule has 0 amide bonds. The number of carboxylic acids is 1. The molecule has 21 heavy (non-hydrogen) atoms. The van der Waals surface area contributed by atoms with E-state index in [-0.39, 0.29) is 17.2 Å². The molecule has 2 N–H and O–H groups in total. The van der Waals surface area contributed by atoms with Gasteiger partial charge in [-0.3, -0.25) is 14.7 Å². The van der Waals surface area contributed by atoms with Crippen molar-refractivity contribution in [3.05, 3.63) is 29.8 Å². The molecule has 0 bridgehead atoms. The van der Waals surface area contributed by atoms with Crippen LogP contribution in [0.25, 0.3) is 0 Å². The summed E-state index contributed by atoms with van der Waals surface area (Å²) in [5.41, 5.74) is 0.755. The average Bonchev–Trinajstić information content (AvgIpc) is 3.05. The number of carbonyl (C=O) groups is 1. The van der Waals surface area contributed by atoms with E-state index < -0.39 is 12.0 Å². The van der Waals surface area contributed by atoms with Gasteiger partial charge in [-0.25, -0.2) is 0 Å². The Labute approximate surface area is 131 Å². The maximum absolute atomic E-state index is 11.2. The van der Waals surface area contributed by atoms with E-state index in [4.69, 9.17) is 4.99 Å². The van der Waals surface area contributed by atoms with Gasteiger partial charge in [0.1, 0.15) is 16.8 Å². The number of nitrogens with zero attached hydrogens (tertiary/aromatic N) is 2. The Hall–Kier alpha value is -1.18. The summed E-state index contributed by atoms with van der Waals surface area (Å²) in [6, 6.07) is 6.80. The van der Waals surface area contributed by atoms with Gasteiger partial charge in [0.05, 0.1) is 11.4 Å². The minimum atomic E-state index is -0.775. The fourth-order valence-electron chi connectivity index (χ4n) is 2.57. The van der Waals surface area contributed by atoms with Crippen LogP contribution in [0.1, 0.15) is 5.56 Å². The Morgan fingerprint density at radius 2 is 2.14 bits per heavy atom. The van der Waals surface area contributed by atoms with Crippen molar-refractivity contribution in [1.82, 2.24) is 4.90 Å². The molecule has 1 saturated heterocycles. The fraction of sp³-hybridized carbons (Fsp3) is 0.429. The highest BCUT2D eigenvalue weighted by atomic mass is 32.2. The summed E-state index contributed by atoms with van der Waals surface area (Å²) < 4.78 is 0. The summed E-state index contributed by atoms with van der Waals surface area (Å²) in [4.78, 5) is 17.8. The van der Waals surface area contributed by atoms with Gasteiger partial charge in [0, 0.05) is 17.1 Å². The van der Waals surface area contributed by atoms with E-state index >= 15 is 0 Å². The number of hydrogen-bond acceptors (Lipinski definition) is 6.